The molecule has 1 heterocycles. The molecule has 4 aromatic rings. The largest absolute Gasteiger partial charge is 0.348 e. The third-order valence-corrected chi connectivity index (χ3v) is 4.08. The highest BCUT2D eigenvalue weighted by Gasteiger charge is 2.06. The number of rotatable bonds is 4. The number of carbonyl (C=O) groups is 1. The lowest BCUT2D eigenvalue weighted by molar-refractivity contribution is 0.0951. The van der Waals surface area contributed by atoms with Crippen LogP contribution in [-0.2, 0) is 6.54 Å². The predicted octanol–water partition coefficient (Wildman–Crippen LogP) is 3.35. The van der Waals surface area contributed by atoms with E-state index in [1.54, 1.807) is 23.1 Å². The van der Waals surface area contributed by atoms with Crippen molar-refractivity contribution in [1.82, 2.24) is 20.1 Å². The summed E-state index contributed by atoms with van der Waals surface area (Å²) in [4.78, 5) is 16.2. The van der Waals surface area contributed by atoms with Crippen LogP contribution >= 0.6 is 0 Å². The van der Waals surface area contributed by atoms with Crippen molar-refractivity contribution in [2.24, 2.45) is 0 Å². The average Bonchev–Trinajstić information content (AvgIpc) is 3.21. The lowest BCUT2D eigenvalue weighted by Gasteiger charge is -2.07. The molecule has 0 saturated heterocycles. The lowest BCUT2D eigenvalue weighted by Crippen LogP contribution is -2.22. The van der Waals surface area contributed by atoms with Crippen LogP contribution in [0.4, 0.5) is 0 Å². The molecule has 0 bridgehead atoms. The van der Waals surface area contributed by atoms with Crippen LogP contribution in [0.1, 0.15) is 15.9 Å². The molecule has 1 aromatic heterocycles. The first kappa shape index (κ1) is 15.1. The van der Waals surface area contributed by atoms with E-state index in [2.05, 4.69) is 39.7 Å². The molecule has 5 heteroatoms. The molecule has 0 aliphatic heterocycles. The normalized spacial score (nSPS) is 10.7. The van der Waals surface area contributed by atoms with Gasteiger partial charge in [0, 0.05) is 12.1 Å². The quantitative estimate of drug-likeness (QED) is 0.625. The van der Waals surface area contributed by atoms with Crippen LogP contribution in [0.5, 0.6) is 0 Å². The summed E-state index contributed by atoms with van der Waals surface area (Å²) < 4.78 is 1.65. The van der Waals surface area contributed by atoms with Gasteiger partial charge in [-0.25, -0.2) is 9.67 Å². The van der Waals surface area contributed by atoms with E-state index in [0.717, 1.165) is 11.3 Å². The molecule has 0 aliphatic rings. The fourth-order valence-corrected chi connectivity index (χ4v) is 2.74. The van der Waals surface area contributed by atoms with Gasteiger partial charge >= 0.3 is 0 Å². The number of nitrogens with zero attached hydrogens (tertiary/aromatic N) is 3. The minimum absolute atomic E-state index is 0.0988. The maximum absolute atomic E-state index is 12.3. The minimum Gasteiger partial charge on any atom is -0.348 e. The lowest BCUT2D eigenvalue weighted by atomic mass is 10.1. The number of amides is 1. The number of benzene rings is 3. The summed E-state index contributed by atoms with van der Waals surface area (Å²) >= 11 is 0. The molecular weight excluding hydrogens is 312 g/mol. The van der Waals surface area contributed by atoms with E-state index >= 15 is 0 Å². The van der Waals surface area contributed by atoms with E-state index in [-0.39, 0.29) is 5.91 Å². The van der Waals surface area contributed by atoms with Gasteiger partial charge in [0.1, 0.15) is 12.7 Å². The summed E-state index contributed by atoms with van der Waals surface area (Å²) in [5, 5.41) is 9.40. The van der Waals surface area contributed by atoms with Crippen molar-refractivity contribution in [3.63, 3.8) is 0 Å². The zero-order valence-corrected chi connectivity index (χ0v) is 13.5. The van der Waals surface area contributed by atoms with Crippen molar-refractivity contribution in [1.29, 1.82) is 0 Å². The molecule has 0 atom stereocenters. The van der Waals surface area contributed by atoms with E-state index in [1.807, 2.05) is 30.3 Å². The highest BCUT2D eigenvalue weighted by atomic mass is 16.1. The maximum atomic E-state index is 12.3. The molecule has 122 valence electrons. The molecule has 1 N–H and O–H groups in total. The number of aromatic nitrogens is 3. The molecule has 25 heavy (non-hydrogen) atoms. The van der Waals surface area contributed by atoms with Crippen molar-refractivity contribution in [3.8, 4) is 5.69 Å². The second kappa shape index (κ2) is 6.57. The van der Waals surface area contributed by atoms with E-state index in [9.17, 15) is 4.79 Å². The van der Waals surface area contributed by atoms with Crippen molar-refractivity contribution in [2.45, 2.75) is 6.54 Å². The highest BCUT2D eigenvalue weighted by molar-refractivity contribution is 5.94. The predicted molar refractivity (Wildman–Crippen MR) is 96.5 cm³/mol. The van der Waals surface area contributed by atoms with E-state index in [4.69, 9.17) is 0 Å². The van der Waals surface area contributed by atoms with Crippen LogP contribution in [0.15, 0.2) is 79.4 Å². The van der Waals surface area contributed by atoms with E-state index < -0.39 is 0 Å². The summed E-state index contributed by atoms with van der Waals surface area (Å²) in [6, 6.07) is 21.7. The molecule has 0 spiro atoms. The van der Waals surface area contributed by atoms with Crippen molar-refractivity contribution in [2.75, 3.05) is 0 Å². The molecule has 0 unspecified atom stereocenters. The molecule has 3 aromatic carbocycles. The van der Waals surface area contributed by atoms with Crippen LogP contribution in [0, 0.1) is 0 Å². The SMILES string of the molecule is O=C(NCc1ccc2ccccc2c1)c1ccc(-n2cncn2)cc1. The fourth-order valence-electron chi connectivity index (χ4n) is 2.74. The molecule has 0 fully saturated rings. The molecule has 4 rings (SSSR count). The monoisotopic (exact) mass is 328 g/mol. The summed E-state index contributed by atoms with van der Waals surface area (Å²) in [5.74, 6) is -0.0988. The first-order valence-electron chi connectivity index (χ1n) is 8.00. The van der Waals surface area contributed by atoms with Crippen LogP contribution in [0.3, 0.4) is 0 Å². The summed E-state index contributed by atoms with van der Waals surface area (Å²) in [5.41, 5.74) is 2.56. The Morgan fingerprint density at radius 3 is 2.52 bits per heavy atom. The van der Waals surface area contributed by atoms with Crippen LogP contribution in [0.25, 0.3) is 16.5 Å². The topological polar surface area (TPSA) is 59.8 Å². The second-order valence-electron chi connectivity index (χ2n) is 5.75. The molecule has 5 nitrogen and oxygen atoms in total. The van der Waals surface area contributed by atoms with Crippen molar-refractivity contribution < 1.29 is 4.79 Å². The van der Waals surface area contributed by atoms with Crippen LogP contribution in [0.2, 0.25) is 0 Å². The number of hydrogen-bond acceptors (Lipinski definition) is 3. The zero-order chi connectivity index (χ0) is 17.1. The van der Waals surface area contributed by atoms with Crippen LogP contribution < -0.4 is 5.32 Å². The maximum Gasteiger partial charge on any atom is 0.251 e. The molecule has 1 amide bonds. The molecular formula is C20H16N4O. The Balaban J connectivity index is 1.44. The number of nitrogens with one attached hydrogen (secondary N) is 1. The molecule has 0 saturated carbocycles. The van der Waals surface area contributed by atoms with Gasteiger partial charge in [0.05, 0.1) is 5.69 Å². The second-order valence-corrected chi connectivity index (χ2v) is 5.75. The van der Waals surface area contributed by atoms with Crippen molar-refractivity contribution >= 4 is 16.7 Å². The van der Waals surface area contributed by atoms with Crippen LogP contribution in [-0.4, -0.2) is 20.7 Å². The molecule has 0 radical (unpaired) electrons. The Morgan fingerprint density at radius 1 is 0.960 bits per heavy atom. The fraction of sp³-hybridized carbons (Fsp3) is 0.0500. The van der Waals surface area contributed by atoms with Gasteiger partial charge in [-0.3, -0.25) is 4.79 Å². The Bertz CT molecular complexity index is 1010. The number of hydrogen-bond donors (Lipinski definition) is 1. The van der Waals surface area contributed by atoms with E-state index in [1.165, 1.54) is 17.1 Å². The zero-order valence-electron chi connectivity index (χ0n) is 13.5. The van der Waals surface area contributed by atoms with Crippen molar-refractivity contribution in [3.05, 3.63) is 90.5 Å². The average molecular weight is 328 g/mol. The molecule has 0 aliphatic carbocycles. The highest BCUT2D eigenvalue weighted by Crippen LogP contribution is 2.15. The first-order chi connectivity index (χ1) is 12.3. The standard InChI is InChI=1S/C20H16N4O/c25-20(17-7-9-19(10-8-17)24-14-21-13-23-24)22-12-15-5-6-16-3-1-2-4-18(16)11-15/h1-11,13-14H,12H2,(H,22,25). The third-order valence-electron chi connectivity index (χ3n) is 4.08. The van der Waals surface area contributed by atoms with Gasteiger partial charge in [0.15, 0.2) is 0 Å². The Kier molecular flexibility index (Phi) is 3.96. The van der Waals surface area contributed by atoms with Gasteiger partial charge < -0.3 is 5.32 Å². The Morgan fingerprint density at radius 2 is 1.76 bits per heavy atom. The summed E-state index contributed by atoms with van der Waals surface area (Å²) in [6.45, 7) is 0.495. The van der Waals surface area contributed by atoms with Gasteiger partial charge in [-0.2, -0.15) is 5.10 Å². The Hall–Kier alpha value is -3.47. The van der Waals surface area contributed by atoms with Gasteiger partial charge in [0.25, 0.3) is 5.91 Å². The third kappa shape index (κ3) is 3.26. The minimum atomic E-state index is -0.0988. The first-order valence-corrected chi connectivity index (χ1v) is 8.00. The Labute approximate surface area is 144 Å². The summed E-state index contributed by atoms with van der Waals surface area (Å²) in [7, 11) is 0. The van der Waals surface area contributed by atoms with E-state index in [0.29, 0.717) is 12.1 Å². The summed E-state index contributed by atoms with van der Waals surface area (Å²) in [6.07, 6.45) is 3.10. The van der Waals surface area contributed by atoms with Gasteiger partial charge in [-0.15, -0.1) is 0 Å². The van der Waals surface area contributed by atoms with Gasteiger partial charge in [-0.1, -0.05) is 36.4 Å². The smallest absolute Gasteiger partial charge is 0.251 e. The van der Waals surface area contributed by atoms with Gasteiger partial charge in [0.2, 0.25) is 0 Å². The van der Waals surface area contributed by atoms with Gasteiger partial charge in [-0.05, 0) is 46.7 Å². The number of carbonyl (C=O) groups excluding carboxylic acids is 1. The number of fused-ring (bicyclic) bond motifs is 1.